The fourth-order valence-corrected chi connectivity index (χ4v) is 1.59. The summed E-state index contributed by atoms with van der Waals surface area (Å²) in [6.07, 6.45) is 3.74. The van der Waals surface area contributed by atoms with Gasteiger partial charge in [-0.05, 0) is 25.0 Å². The number of hydrogen-bond donors (Lipinski definition) is 1. The maximum atomic E-state index is 5.60. The highest BCUT2D eigenvalue weighted by Crippen LogP contribution is 2.48. The summed E-state index contributed by atoms with van der Waals surface area (Å²) in [7, 11) is 0. The molecule has 1 saturated carbocycles. The van der Waals surface area contributed by atoms with Crippen LogP contribution in [0, 0.1) is 0 Å². The maximum Gasteiger partial charge on any atom is 0.116 e. The van der Waals surface area contributed by atoms with Gasteiger partial charge in [-0.2, -0.15) is 0 Å². The van der Waals surface area contributed by atoms with Crippen molar-refractivity contribution >= 4 is 17.2 Å². The third-order valence-electron chi connectivity index (χ3n) is 2.21. The van der Waals surface area contributed by atoms with Crippen LogP contribution in [-0.4, -0.2) is 4.99 Å². The molecular weight excluding hydrogens is 158 g/mol. The summed E-state index contributed by atoms with van der Waals surface area (Å²) in [6, 6.07) is 3.81. The van der Waals surface area contributed by atoms with E-state index in [4.69, 9.17) is 22.4 Å². The zero-order chi connectivity index (χ0) is 7.90. The summed E-state index contributed by atoms with van der Waals surface area (Å²) >= 11 is 4.96. The molecule has 1 heterocycles. The molecule has 0 unspecified atom stereocenters. The largest absolute Gasteiger partial charge is 0.468 e. The molecule has 0 aromatic carbocycles. The summed E-state index contributed by atoms with van der Waals surface area (Å²) in [5, 5.41) is 0. The van der Waals surface area contributed by atoms with Gasteiger partial charge in [-0.1, -0.05) is 12.2 Å². The van der Waals surface area contributed by atoms with Gasteiger partial charge in [0.1, 0.15) is 5.76 Å². The van der Waals surface area contributed by atoms with Crippen molar-refractivity contribution in [3.8, 4) is 0 Å². The number of hydrogen-bond acceptors (Lipinski definition) is 2. The Morgan fingerprint density at radius 1 is 1.64 bits per heavy atom. The van der Waals surface area contributed by atoms with Crippen molar-refractivity contribution in [2.24, 2.45) is 5.73 Å². The van der Waals surface area contributed by atoms with E-state index in [1.54, 1.807) is 6.26 Å². The fraction of sp³-hybridized carbons (Fsp3) is 0.375. The Hall–Kier alpha value is -0.830. The number of thiocarbonyl (C=S) groups is 1. The van der Waals surface area contributed by atoms with Gasteiger partial charge < -0.3 is 10.2 Å². The lowest BCUT2D eigenvalue weighted by Crippen LogP contribution is -2.25. The van der Waals surface area contributed by atoms with E-state index < -0.39 is 0 Å². The Bertz CT molecular complexity index is 274. The van der Waals surface area contributed by atoms with Gasteiger partial charge in [0.05, 0.1) is 16.7 Å². The lowest BCUT2D eigenvalue weighted by molar-refractivity contribution is 0.493. The molecule has 2 N–H and O–H groups in total. The average molecular weight is 167 g/mol. The van der Waals surface area contributed by atoms with Gasteiger partial charge in [-0.15, -0.1) is 0 Å². The Labute approximate surface area is 70.4 Å². The second-order valence-corrected chi connectivity index (χ2v) is 3.36. The lowest BCUT2D eigenvalue weighted by Gasteiger charge is -2.08. The first-order valence-electron chi connectivity index (χ1n) is 3.60. The molecule has 2 nitrogen and oxygen atoms in total. The van der Waals surface area contributed by atoms with Crippen LogP contribution >= 0.6 is 12.2 Å². The van der Waals surface area contributed by atoms with Crippen molar-refractivity contribution in [2.45, 2.75) is 18.3 Å². The summed E-state index contributed by atoms with van der Waals surface area (Å²) in [4.78, 5) is 0.562. The van der Waals surface area contributed by atoms with Crippen LogP contribution in [0.4, 0.5) is 0 Å². The SMILES string of the molecule is NC(=S)C1(c2ccco2)CC1. The van der Waals surface area contributed by atoms with E-state index in [1.165, 1.54) is 0 Å². The molecule has 2 rings (SSSR count). The summed E-state index contributed by atoms with van der Waals surface area (Å²) in [6.45, 7) is 0. The molecule has 11 heavy (non-hydrogen) atoms. The van der Waals surface area contributed by atoms with Crippen LogP contribution in [0.3, 0.4) is 0 Å². The van der Waals surface area contributed by atoms with Crippen LogP contribution in [0.1, 0.15) is 18.6 Å². The van der Waals surface area contributed by atoms with Crippen LogP contribution in [0.2, 0.25) is 0 Å². The highest BCUT2D eigenvalue weighted by molar-refractivity contribution is 7.80. The van der Waals surface area contributed by atoms with Crippen molar-refractivity contribution in [1.29, 1.82) is 0 Å². The van der Waals surface area contributed by atoms with Gasteiger partial charge in [0, 0.05) is 0 Å². The molecule has 3 heteroatoms. The molecule has 1 aliphatic carbocycles. The molecule has 1 aliphatic rings. The minimum Gasteiger partial charge on any atom is -0.468 e. The molecule has 0 atom stereocenters. The van der Waals surface area contributed by atoms with Crippen molar-refractivity contribution in [3.05, 3.63) is 24.2 Å². The van der Waals surface area contributed by atoms with Gasteiger partial charge in [0.25, 0.3) is 0 Å². The van der Waals surface area contributed by atoms with Crippen LogP contribution < -0.4 is 5.73 Å². The molecule has 0 spiro atoms. The first kappa shape index (κ1) is 6.85. The predicted octanol–water partition coefficient (Wildman–Crippen LogP) is 1.60. The zero-order valence-electron chi connectivity index (χ0n) is 6.04. The first-order valence-corrected chi connectivity index (χ1v) is 4.00. The van der Waals surface area contributed by atoms with E-state index in [-0.39, 0.29) is 5.41 Å². The summed E-state index contributed by atoms with van der Waals surface area (Å²) in [5.41, 5.74) is 5.51. The number of rotatable bonds is 2. The minimum absolute atomic E-state index is 0.0845. The van der Waals surface area contributed by atoms with Crippen molar-refractivity contribution in [2.75, 3.05) is 0 Å². The van der Waals surface area contributed by atoms with Crippen LogP contribution in [-0.2, 0) is 5.41 Å². The van der Waals surface area contributed by atoms with E-state index in [0.29, 0.717) is 4.99 Å². The summed E-state index contributed by atoms with van der Waals surface area (Å²) in [5.74, 6) is 0.921. The van der Waals surface area contributed by atoms with Crippen molar-refractivity contribution in [1.82, 2.24) is 0 Å². The molecule has 0 aliphatic heterocycles. The third-order valence-corrected chi connectivity index (χ3v) is 2.61. The average Bonchev–Trinajstić information content (AvgIpc) is 2.61. The number of nitrogens with two attached hydrogens (primary N) is 1. The Morgan fingerprint density at radius 2 is 2.36 bits per heavy atom. The Morgan fingerprint density at radius 3 is 2.73 bits per heavy atom. The minimum atomic E-state index is -0.0845. The van der Waals surface area contributed by atoms with Gasteiger partial charge in [0.15, 0.2) is 0 Å². The van der Waals surface area contributed by atoms with E-state index in [1.807, 2.05) is 12.1 Å². The lowest BCUT2D eigenvalue weighted by atomic mass is 10.0. The first-order chi connectivity index (χ1) is 5.26. The third kappa shape index (κ3) is 0.878. The highest BCUT2D eigenvalue weighted by Gasteiger charge is 2.49. The van der Waals surface area contributed by atoms with E-state index in [2.05, 4.69) is 0 Å². The van der Waals surface area contributed by atoms with Crippen molar-refractivity contribution < 1.29 is 4.42 Å². The van der Waals surface area contributed by atoms with Crippen LogP contribution in [0.25, 0.3) is 0 Å². The normalized spacial score (nSPS) is 19.6. The molecule has 0 saturated heterocycles. The quantitative estimate of drug-likeness (QED) is 0.680. The summed E-state index contributed by atoms with van der Waals surface area (Å²) < 4.78 is 5.25. The topological polar surface area (TPSA) is 39.2 Å². The molecule has 0 radical (unpaired) electrons. The molecule has 58 valence electrons. The van der Waals surface area contributed by atoms with E-state index in [9.17, 15) is 0 Å². The van der Waals surface area contributed by atoms with Gasteiger partial charge >= 0.3 is 0 Å². The number of furan rings is 1. The zero-order valence-corrected chi connectivity index (χ0v) is 6.86. The van der Waals surface area contributed by atoms with Gasteiger partial charge in [0.2, 0.25) is 0 Å². The molecule has 1 aromatic rings. The monoisotopic (exact) mass is 167 g/mol. The van der Waals surface area contributed by atoms with E-state index >= 15 is 0 Å². The molecule has 1 aromatic heterocycles. The Kier molecular flexibility index (Phi) is 1.29. The standard InChI is InChI=1S/C8H9NOS/c9-7(11)8(3-4-8)6-2-1-5-10-6/h1-2,5H,3-4H2,(H2,9,11). The second-order valence-electron chi connectivity index (χ2n) is 2.92. The van der Waals surface area contributed by atoms with E-state index in [0.717, 1.165) is 18.6 Å². The maximum absolute atomic E-state index is 5.60. The molecule has 0 amide bonds. The van der Waals surface area contributed by atoms with Crippen molar-refractivity contribution in [3.63, 3.8) is 0 Å². The second kappa shape index (κ2) is 2.08. The highest BCUT2D eigenvalue weighted by atomic mass is 32.1. The smallest absolute Gasteiger partial charge is 0.116 e. The van der Waals surface area contributed by atoms with Crippen LogP contribution in [0.15, 0.2) is 22.8 Å². The van der Waals surface area contributed by atoms with Gasteiger partial charge in [-0.25, -0.2) is 0 Å². The van der Waals surface area contributed by atoms with Crippen LogP contribution in [0.5, 0.6) is 0 Å². The molecule has 0 bridgehead atoms. The molecular formula is C8H9NOS. The predicted molar refractivity (Wildman–Crippen MR) is 46.4 cm³/mol. The fourth-order valence-electron chi connectivity index (χ4n) is 1.29. The molecule has 1 fully saturated rings. The van der Waals surface area contributed by atoms with Gasteiger partial charge in [-0.3, -0.25) is 0 Å². The Balaban J connectivity index is 2.36.